The second-order valence-electron chi connectivity index (χ2n) is 4.93. The highest BCUT2D eigenvalue weighted by Gasteiger charge is 2.33. The molecule has 1 N–H and O–H groups in total. The molecule has 3 nitrogen and oxygen atoms in total. The van der Waals surface area contributed by atoms with Gasteiger partial charge >= 0.3 is 0 Å². The lowest BCUT2D eigenvalue weighted by atomic mass is 9.96. The minimum atomic E-state index is 0.296. The van der Waals surface area contributed by atoms with Gasteiger partial charge in [0.05, 0.1) is 18.7 Å². The van der Waals surface area contributed by atoms with Crippen molar-refractivity contribution in [1.82, 2.24) is 5.32 Å². The fraction of sp³-hybridized carbons (Fsp3) is 0.600. The average Bonchev–Trinajstić information content (AvgIpc) is 2.45. The minimum absolute atomic E-state index is 0.296. The van der Waals surface area contributed by atoms with E-state index in [0.717, 1.165) is 34.7 Å². The summed E-state index contributed by atoms with van der Waals surface area (Å²) in [7, 11) is 3.46. The van der Waals surface area contributed by atoms with Crippen molar-refractivity contribution < 1.29 is 9.47 Å². The Bertz CT molecular complexity index is 481. The van der Waals surface area contributed by atoms with Crippen molar-refractivity contribution in [3.05, 3.63) is 21.7 Å². The summed E-state index contributed by atoms with van der Waals surface area (Å²) in [5.41, 5.74) is 2.50. The Kier molecular flexibility index (Phi) is 5.64. The summed E-state index contributed by atoms with van der Waals surface area (Å²) >= 11 is 5.56. The fourth-order valence-electron chi connectivity index (χ4n) is 2.65. The highest BCUT2D eigenvalue weighted by atomic mass is 79.9. The van der Waals surface area contributed by atoms with E-state index < -0.39 is 0 Å². The van der Waals surface area contributed by atoms with Gasteiger partial charge in [0.2, 0.25) is 0 Å². The molecule has 0 amide bonds. The Hall–Kier alpha value is -0.390. The van der Waals surface area contributed by atoms with Crippen LogP contribution < -0.4 is 14.8 Å². The third-order valence-corrected chi connectivity index (χ3v) is 5.49. The zero-order valence-electron chi connectivity index (χ0n) is 12.5. The molecule has 1 heterocycles. The van der Waals surface area contributed by atoms with Crippen LogP contribution >= 0.6 is 27.7 Å². The fourth-order valence-corrected chi connectivity index (χ4v) is 4.38. The predicted octanol–water partition coefficient (Wildman–Crippen LogP) is 4.14. The summed E-state index contributed by atoms with van der Waals surface area (Å²) < 4.78 is 12.2. The maximum absolute atomic E-state index is 5.65. The zero-order chi connectivity index (χ0) is 14.7. The van der Waals surface area contributed by atoms with Crippen molar-refractivity contribution in [2.75, 3.05) is 20.8 Å². The molecule has 1 aliphatic heterocycles. The lowest BCUT2D eigenvalue weighted by molar-refractivity contribution is 0.381. The third-order valence-electron chi connectivity index (χ3n) is 3.65. The highest BCUT2D eigenvalue weighted by Crippen LogP contribution is 2.48. The molecular weight excluding hydrogens is 338 g/mol. The van der Waals surface area contributed by atoms with E-state index in [1.54, 1.807) is 14.2 Å². The van der Waals surface area contributed by atoms with E-state index in [0.29, 0.717) is 11.3 Å². The van der Waals surface area contributed by atoms with Crippen molar-refractivity contribution in [2.24, 2.45) is 0 Å². The predicted molar refractivity (Wildman–Crippen MR) is 89.0 cm³/mol. The number of methoxy groups -OCH3 is 2. The van der Waals surface area contributed by atoms with Gasteiger partial charge in [0, 0.05) is 28.2 Å². The number of ether oxygens (including phenoxy) is 2. The molecule has 20 heavy (non-hydrogen) atoms. The van der Waals surface area contributed by atoms with Crippen LogP contribution in [0.15, 0.2) is 10.5 Å². The summed E-state index contributed by atoms with van der Waals surface area (Å²) in [6.07, 6.45) is 1.12. The first-order valence-corrected chi connectivity index (χ1v) is 8.76. The van der Waals surface area contributed by atoms with Crippen LogP contribution in [0.4, 0.5) is 0 Å². The van der Waals surface area contributed by atoms with Crippen LogP contribution in [-0.2, 0) is 5.75 Å². The molecule has 2 unspecified atom stereocenters. The number of rotatable bonds is 5. The first kappa shape index (κ1) is 16.0. The van der Waals surface area contributed by atoms with Crippen molar-refractivity contribution >= 4 is 27.7 Å². The van der Waals surface area contributed by atoms with E-state index in [4.69, 9.17) is 9.47 Å². The van der Waals surface area contributed by atoms with Crippen LogP contribution in [0.2, 0.25) is 0 Å². The Morgan fingerprint density at radius 2 is 2.15 bits per heavy atom. The average molecular weight is 360 g/mol. The molecule has 0 bridgehead atoms. The van der Waals surface area contributed by atoms with E-state index >= 15 is 0 Å². The van der Waals surface area contributed by atoms with E-state index in [1.807, 2.05) is 17.8 Å². The molecule has 0 aromatic heterocycles. The third kappa shape index (κ3) is 2.95. The van der Waals surface area contributed by atoms with E-state index in [9.17, 15) is 0 Å². The number of fused-ring (bicyclic) bond motifs is 1. The first-order valence-electron chi connectivity index (χ1n) is 6.92. The number of hydrogen-bond acceptors (Lipinski definition) is 4. The molecule has 0 spiro atoms. The monoisotopic (exact) mass is 359 g/mol. The van der Waals surface area contributed by atoms with Crippen molar-refractivity contribution in [3.63, 3.8) is 0 Å². The van der Waals surface area contributed by atoms with Gasteiger partial charge in [-0.1, -0.05) is 13.8 Å². The minimum Gasteiger partial charge on any atom is -0.496 e. The summed E-state index contributed by atoms with van der Waals surface area (Å²) in [6, 6.07) is 2.30. The normalized spacial score (nSPS) is 21.4. The van der Waals surface area contributed by atoms with Gasteiger partial charge in [-0.3, -0.25) is 0 Å². The molecule has 0 saturated heterocycles. The van der Waals surface area contributed by atoms with Gasteiger partial charge in [-0.2, -0.15) is 11.8 Å². The number of nitrogens with one attached hydrogen (secondary N) is 1. The molecular formula is C15H22BrNO2S. The molecule has 0 saturated carbocycles. The van der Waals surface area contributed by atoms with Crippen molar-refractivity contribution in [1.29, 1.82) is 0 Å². The second-order valence-corrected chi connectivity index (χ2v) is 7.15. The number of thioether (sulfide) groups is 1. The standard InChI is InChI=1S/C15H22BrNO2S/c1-5-6-17-14-9(2)20-8-10-12(18-3)7-11(16)15(19-4)13(10)14/h7,9,14,17H,5-6,8H2,1-4H3. The van der Waals surface area contributed by atoms with E-state index in [-0.39, 0.29) is 0 Å². The van der Waals surface area contributed by atoms with Crippen molar-refractivity contribution in [3.8, 4) is 11.5 Å². The second kappa shape index (κ2) is 7.05. The van der Waals surface area contributed by atoms with Gasteiger partial charge in [-0.15, -0.1) is 0 Å². The molecule has 5 heteroatoms. The summed E-state index contributed by atoms with van der Waals surface area (Å²) in [5.74, 6) is 2.84. The zero-order valence-corrected chi connectivity index (χ0v) is 14.9. The van der Waals surface area contributed by atoms with Crippen LogP contribution in [0.5, 0.6) is 11.5 Å². The lowest BCUT2D eigenvalue weighted by Crippen LogP contribution is -2.33. The summed E-state index contributed by atoms with van der Waals surface area (Å²) in [6.45, 7) is 5.47. The lowest BCUT2D eigenvalue weighted by Gasteiger charge is -2.34. The molecule has 112 valence electrons. The largest absolute Gasteiger partial charge is 0.496 e. The summed E-state index contributed by atoms with van der Waals surface area (Å²) in [5, 5.41) is 4.17. The molecule has 1 aromatic rings. The van der Waals surface area contributed by atoms with Crippen LogP contribution in [0.1, 0.15) is 37.4 Å². The van der Waals surface area contributed by atoms with Gasteiger partial charge in [0.1, 0.15) is 11.5 Å². The summed E-state index contributed by atoms with van der Waals surface area (Å²) in [4.78, 5) is 0. The Morgan fingerprint density at radius 1 is 1.40 bits per heavy atom. The molecule has 1 aliphatic rings. The quantitative estimate of drug-likeness (QED) is 0.855. The maximum atomic E-state index is 5.65. The van der Waals surface area contributed by atoms with Crippen LogP contribution in [-0.4, -0.2) is 26.0 Å². The first-order chi connectivity index (χ1) is 9.63. The maximum Gasteiger partial charge on any atom is 0.138 e. The van der Waals surface area contributed by atoms with Gasteiger partial charge in [-0.05, 0) is 35.0 Å². The molecule has 2 atom stereocenters. The Labute approximate surface area is 133 Å². The topological polar surface area (TPSA) is 30.5 Å². The van der Waals surface area contributed by atoms with E-state index in [1.165, 1.54) is 11.1 Å². The van der Waals surface area contributed by atoms with Gasteiger partial charge in [-0.25, -0.2) is 0 Å². The van der Waals surface area contributed by atoms with Gasteiger partial charge in [0.25, 0.3) is 0 Å². The number of hydrogen-bond donors (Lipinski definition) is 1. The molecule has 0 radical (unpaired) electrons. The van der Waals surface area contributed by atoms with Gasteiger partial charge < -0.3 is 14.8 Å². The molecule has 0 fully saturated rings. The smallest absolute Gasteiger partial charge is 0.138 e. The van der Waals surface area contributed by atoms with E-state index in [2.05, 4.69) is 35.1 Å². The molecule has 2 rings (SSSR count). The molecule has 1 aromatic carbocycles. The van der Waals surface area contributed by atoms with Crippen LogP contribution in [0.25, 0.3) is 0 Å². The Balaban J connectivity index is 2.54. The van der Waals surface area contributed by atoms with Crippen LogP contribution in [0.3, 0.4) is 0 Å². The number of benzene rings is 1. The Morgan fingerprint density at radius 3 is 2.75 bits per heavy atom. The SMILES string of the molecule is CCCNC1c2c(c(OC)cc(Br)c2OC)CSC1C. The number of halogens is 1. The van der Waals surface area contributed by atoms with Gasteiger partial charge in [0.15, 0.2) is 0 Å². The molecule has 0 aliphatic carbocycles. The highest BCUT2D eigenvalue weighted by molar-refractivity contribution is 9.10. The van der Waals surface area contributed by atoms with Crippen molar-refractivity contribution in [2.45, 2.75) is 37.3 Å². The van der Waals surface area contributed by atoms with Crippen LogP contribution in [0, 0.1) is 0 Å².